The topological polar surface area (TPSA) is 44.8 Å². The molecule has 0 spiro atoms. The van der Waals surface area contributed by atoms with Gasteiger partial charge in [0.1, 0.15) is 6.10 Å². The van der Waals surface area contributed by atoms with Gasteiger partial charge in [0, 0.05) is 13.5 Å². The molecule has 0 amide bonds. The molecular weight excluding hydrogens is 244 g/mol. The van der Waals surface area contributed by atoms with Gasteiger partial charge >= 0.3 is 5.97 Å². The molecule has 2 aliphatic rings. The molecule has 0 aromatic carbocycles. The second kappa shape index (κ2) is 7.65. The number of hydrogen-bond acceptors (Lipinski definition) is 4. The number of esters is 1. The van der Waals surface area contributed by atoms with Gasteiger partial charge in [-0.05, 0) is 50.5 Å². The summed E-state index contributed by atoms with van der Waals surface area (Å²) in [5.74, 6) is -0.246. The van der Waals surface area contributed by atoms with Crippen molar-refractivity contribution in [3.8, 4) is 0 Å². The maximum atomic E-state index is 11.2. The van der Waals surface area contributed by atoms with Crippen LogP contribution in [-0.4, -0.2) is 31.6 Å². The minimum absolute atomic E-state index is 0.129. The normalized spacial score (nSPS) is 25.5. The van der Waals surface area contributed by atoms with E-state index in [4.69, 9.17) is 14.2 Å². The fourth-order valence-corrected chi connectivity index (χ4v) is 2.61. The van der Waals surface area contributed by atoms with Gasteiger partial charge in [-0.2, -0.15) is 0 Å². The van der Waals surface area contributed by atoms with E-state index < -0.39 is 0 Å². The third-order valence-electron chi connectivity index (χ3n) is 3.62. The molecule has 4 heteroatoms. The van der Waals surface area contributed by atoms with Crippen LogP contribution in [0.3, 0.4) is 0 Å². The van der Waals surface area contributed by atoms with Gasteiger partial charge in [-0.25, -0.2) is 0 Å². The predicted octanol–water partition coefficient (Wildman–Crippen LogP) is 2.96. The second-order valence-electron chi connectivity index (χ2n) is 5.25. The highest BCUT2D eigenvalue weighted by molar-refractivity contribution is 5.66. The molecule has 0 bridgehead atoms. The average Bonchev–Trinajstić information content (AvgIpc) is 2.45. The van der Waals surface area contributed by atoms with Gasteiger partial charge in [0.2, 0.25) is 0 Å². The summed E-state index contributed by atoms with van der Waals surface area (Å²) in [5.41, 5.74) is 1.21. The number of rotatable bonds is 5. The summed E-state index contributed by atoms with van der Waals surface area (Å²) in [6.45, 7) is 2.63. The second-order valence-corrected chi connectivity index (χ2v) is 5.25. The van der Waals surface area contributed by atoms with Gasteiger partial charge < -0.3 is 14.2 Å². The highest BCUT2D eigenvalue weighted by Gasteiger charge is 2.22. The molecule has 4 nitrogen and oxygen atoms in total. The summed E-state index contributed by atoms with van der Waals surface area (Å²) in [7, 11) is 0. The molecule has 0 aromatic rings. The van der Waals surface area contributed by atoms with Crippen LogP contribution in [-0.2, 0) is 19.0 Å². The van der Waals surface area contributed by atoms with Crippen molar-refractivity contribution in [2.24, 2.45) is 0 Å². The zero-order valence-corrected chi connectivity index (χ0v) is 11.7. The van der Waals surface area contributed by atoms with Crippen LogP contribution in [0.25, 0.3) is 0 Å². The summed E-state index contributed by atoms with van der Waals surface area (Å²) in [4.78, 5) is 11.2. The van der Waals surface area contributed by atoms with E-state index in [0.29, 0.717) is 6.61 Å². The van der Waals surface area contributed by atoms with E-state index in [9.17, 15) is 4.79 Å². The molecular formula is C15H24O4. The zero-order chi connectivity index (χ0) is 13.5. The fourth-order valence-electron chi connectivity index (χ4n) is 2.61. The Morgan fingerprint density at radius 2 is 2.32 bits per heavy atom. The van der Waals surface area contributed by atoms with Crippen molar-refractivity contribution in [1.82, 2.24) is 0 Å². The van der Waals surface area contributed by atoms with E-state index in [1.54, 1.807) is 0 Å². The van der Waals surface area contributed by atoms with Gasteiger partial charge in [0.25, 0.3) is 0 Å². The van der Waals surface area contributed by atoms with Crippen molar-refractivity contribution < 1.29 is 19.0 Å². The highest BCUT2D eigenvalue weighted by atomic mass is 16.7. The van der Waals surface area contributed by atoms with Gasteiger partial charge in [0.05, 0.1) is 6.61 Å². The molecule has 0 saturated carbocycles. The molecule has 0 N–H and O–H groups in total. The van der Waals surface area contributed by atoms with Crippen molar-refractivity contribution in [3.05, 3.63) is 11.6 Å². The van der Waals surface area contributed by atoms with Crippen LogP contribution in [0.15, 0.2) is 11.6 Å². The number of allylic oxidation sites excluding steroid dienone is 1. The quantitative estimate of drug-likeness (QED) is 0.568. The lowest BCUT2D eigenvalue weighted by Crippen LogP contribution is -2.31. The first-order valence-electron chi connectivity index (χ1n) is 7.35. The largest absolute Gasteiger partial charge is 0.456 e. The molecule has 0 radical (unpaired) electrons. The van der Waals surface area contributed by atoms with Crippen LogP contribution in [0.4, 0.5) is 0 Å². The summed E-state index contributed by atoms with van der Waals surface area (Å²) in [5, 5.41) is 0. The summed E-state index contributed by atoms with van der Waals surface area (Å²) in [6, 6.07) is 0. The molecule has 1 fully saturated rings. The van der Waals surface area contributed by atoms with Gasteiger partial charge in [-0.3, -0.25) is 4.79 Å². The standard InChI is InChI=1S/C15H24O4/c1-12(16)19-14(13-7-3-2-4-8-13)11-18-15-9-5-6-10-17-15/h7,14-15H,2-6,8-11H2,1H3. The van der Waals surface area contributed by atoms with Crippen molar-refractivity contribution in [1.29, 1.82) is 0 Å². The van der Waals surface area contributed by atoms with Gasteiger partial charge in [0.15, 0.2) is 6.29 Å². The number of ether oxygens (including phenoxy) is 3. The van der Waals surface area contributed by atoms with Crippen molar-refractivity contribution in [2.45, 2.75) is 64.3 Å². The Morgan fingerprint density at radius 1 is 1.42 bits per heavy atom. The van der Waals surface area contributed by atoms with E-state index in [0.717, 1.165) is 38.7 Å². The van der Waals surface area contributed by atoms with E-state index in [1.807, 2.05) is 0 Å². The molecule has 0 aromatic heterocycles. The lowest BCUT2D eigenvalue weighted by atomic mass is 9.95. The molecule has 1 aliphatic heterocycles. The molecule has 19 heavy (non-hydrogen) atoms. The summed E-state index contributed by atoms with van der Waals surface area (Å²) < 4.78 is 16.7. The molecule has 2 rings (SSSR count). The van der Waals surface area contributed by atoms with Gasteiger partial charge in [-0.15, -0.1) is 0 Å². The monoisotopic (exact) mass is 268 g/mol. The SMILES string of the molecule is CC(=O)OC(COC1CCCCO1)C1=CCCCC1. The third kappa shape index (κ3) is 4.96. The van der Waals surface area contributed by atoms with Crippen LogP contribution in [0.1, 0.15) is 51.9 Å². The minimum atomic E-state index is -0.246. The van der Waals surface area contributed by atoms with Crippen LogP contribution >= 0.6 is 0 Å². The lowest BCUT2D eigenvalue weighted by molar-refractivity contribution is -0.181. The van der Waals surface area contributed by atoms with Gasteiger partial charge in [-0.1, -0.05) is 6.08 Å². The van der Waals surface area contributed by atoms with Crippen LogP contribution in [0, 0.1) is 0 Å². The Kier molecular flexibility index (Phi) is 5.86. The lowest BCUT2D eigenvalue weighted by Gasteiger charge is -2.27. The van der Waals surface area contributed by atoms with E-state index >= 15 is 0 Å². The molecule has 108 valence electrons. The van der Waals surface area contributed by atoms with E-state index in [1.165, 1.54) is 25.3 Å². The van der Waals surface area contributed by atoms with Crippen molar-refractivity contribution in [2.75, 3.05) is 13.2 Å². The number of hydrogen-bond donors (Lipinski definition) is 0. The first-order chi connectivity index (χ1) is 9.25. The number of carbonyl (C=O) groups is 1. The van der Waals surface area contributed by atoms with Crippen LogP contribution in [0.2, 0.25) is 0 Å². The Morgan fingerprint density at radius 3 is 2.95 bits per heavy atom. The molecule has 2 unspecified atom stereocenters. The third-order valence-corrected chi connectivity index (χ3v) is 3.62. The first-order valence-corrected chi connectivity index (χ1v) is 7.35. The van der Waals surface area contributed by atoms with Crippen LogP contribution < -0.4 is 0 Å². The first kappa shape index (κ1) is 14.5. The van der Waals surface area contributed by atoms with Crippen molar-refractivity contribution in [3.63, 3.8) is 0 Å². The molecule has 1 heterocycles. The zero-order valence-electron chi connectivity index (χ0n) is 11.7. The Labute approximate surface area is 115 Å². The number of carbonyl (C=O) groups excluding carboxylic acids is 1. The smallest absolute Gasteiger partial charge is 0.303 e. The Balaban J connectivity index is 1.85. The van der Waals surface area contributed by atoms with E-state index in [-0.39, 0.29) is 18.4 Å². The van der Waals surface area contributed by atoms with Crippen LogP contribution in [0.5, 0.6) is 0 Å². The summed E-state index contributed by atoms with van der Waals surface area (Å²) >= 11 is 0. The minimum Gasteiger partial charge on any atom is -0.456 e. The Hall–Kier alpha value is -0.870. The maximum absolute atomic E-state index is 11.2. The molecule has 2 atom stereocenters. The average molecular weight is 268 g/mol. The van der Waals surface area contributed by atoms with E-state index in [2.05, 4.69) is 6.08 Å². The highest BCUT2D eigenvalue weighted by Crippen LogP contribution is 2.23. The predicted molar refractivity (Wildman–Crippen MR) is 71.6 cm³/mol. The summed E-state index contributed by atoms with van der Waals surface area (Å²) in [6.07, 6.45) is 9.50. The fraction of sp³-hybridized carbons (Fsp3) is 0.800. The Bertz CT molecular complexity index is 318. The van der Waals surface area contributed by atoms with Crippen molar-refractivity contribution >= 4 is 5.97 Å². The maximum Gasteiger partial charge on any atom is 0.303 e. The molecule has 1 saturated heterocycles. The molecule has 1 aliphatic carbocycles.